The van der Waals surface area contributed by atoms with Crippen LogP contribution in [0.2, 0.25) is 5.02 Å². The topological polar surface area (TPSA) is 75.7 Å². The van der Waals surface area contributed by atoms with Gasteiger partial charge in [-0.15, -0.1) is 0 Å². The highest BCUT2D eigenvalue weighted by atomic mass is 35.5. The maximum absolute atomic E-state index is 13.1. The van der Waals surface area contributed by atoms with E-state index >= 15 is 0 Å². The van der Waals surface area contributed by atoms with Crippen LogP contribution >= 0.6 is 23.4 Å². The molecule has 1 aromatic rings. The fraction of sp³-hybridized carbons (Fsp3) is 0.632. The van der Waals surface area contributed by atoms with E-state index in [0.717, 1.165) is 19.3 Å². The Balaban J connectivity index is 2.15. The minimum Gasteiger partial charge on any atom is -0.378 e. The largest absolute Gasteiger partial charge is 0.378 e. The number of ether oxygens (including phenoxy) is 1. The number of carbonyl (C=O) groups is 1. The molecule has 6 nitrogen and oxygen atoms in total. The highest BCUT2D eigenvalue weighted by Crippen LogP contribution is 2.26. The van der Waals surface area contributed by atoms with Crippen LogP contribution in [0.1, 0.15) is 32.6 Å². The highest BCUT2D eigenvalue weighted by molar-refractivity contribution is 7.98. The molecular weight excluding hydrogens is 420 g/mol. The van der Waals surface area contributed by atoms with Gasteiger partial charge < -0.3 is 9.64 Å². The molecule has 2 rings (SSSR count). The summed E-state index contributed by atoms with van der Waals surface area (Å²) < 4.78 is 33.7. The van der Waals surface area contributed by atoms with Crippen molar-refractivity contribution in [1.29, 1.82) is 0 Å². The summed E-state index contributed by atoms with van der Waals surface area (Å²) in [5, 5.41) is 0.458. The fourth-order valence-corrected chi connectivity index (χ4v) is 5.06. The number of thioether (sulfide) groups is 1. The number of sulfonamides is 1. The summed E-state index contributed by atoms with van der Waals surface area (Å²) in [6.07, 6.45) is 4.80. The van der Waals surface area contributed by atoms with Crippen LogP contribution in [0.25, 0.3) is 0 Å². The third-order valence-corrected chi connectivity index (χ3v) is 7.56. The van der Waals surface area contributed by atoms with Crippen LogP contribution in [0.3, 0.4) is 0 Å². The standard InChI is InChI=1S/C19H29ClN2O4S2/c1-19(26-2)10-4-12-22(13-11-19)18(23)17(9-14-27-3)21-28(24,25)16-7-5-15(20)6-8-16/h5-8,17,21H,4,9-14H2,1-3H3/t17-,19-/m1/s1. The molecular formula is C19H29ClN2O4S2. The number of methoxy groups -OCH3 is 1. The fourth-order valence-electron chi connectivity index (χ4n) is 3.23. The lowest BCUT2D eigenvalue weighted by Crippen LogP contribution is -2.49. The molecule has 0 aliphatic carbocycles. The molecule has 1 N–H and O–H groups in total. The first kappa shape index (κ1) is 23.5. The number of nitrogens with zero attached hydrogens (tertiary/aromatic N) is 1. The number of hydrogen-bond acceptors (Lipinski definition) is 5. The minimum absolute atomic E-state index is 0.0988. The van der Waals surface area contributed by atoms with E-state index in [-0.39, 0.29) is 16.4 Å². The third-order valence-electron chi connectivity index (χ3n) is 5.18. The van der Waals surface area contributed by atoms with Crippen LogP contribution in [0.4, 0.5) is 0 Å². The molecule has 1 aromatic carbocycles. The number of likely N-dealkylation sites (tertiary alicyclic amines) is 1. The molecule has 28 heavy (non-hydrogen) atoms. The van der Waals surface area contributed by atoms with Crippen molar-refractivity contribution in [3.63, 3.8) is 0 Å². The summed E-state index contributed by atoms with van der Waals surface area (Å²) in [6.45, 7) is 3.22. The van der Waals surface area contributed by atoms with Gasteiger partial charge in [0, 0.05) is 25.2 Å². The Morgan fingerprint density at radius 3 is 2.61 bits per heavy atom. The Morgan fingerprint density at radius 2 is 2.00 bits per heavy atom. The summed E-state index contributed by atoms with van der Waals surface area (Å²) in [4.78, 5) is 15.0. The highest BCUT2D eigenvalue weighted by Gasteiger charge is 2.33. The first-order valence-corrected chi connectivity index (χ1v) is 12.6. The molecule has 0 unspecified atom stereocenters. The number of hydrogen-bond donors (Lipinski definition) is 1. The van der Waals surface area contributed by atoms with Gasteiger partial charge >= 0.3 is 0 Å². The van der Waals surface area contributed by atoms with Crippen molar-refractivity contribution < 1.29 is 17.9 Å². The van der Waals surface area contributed by atoms with Gasteiger partial charge in [-0.3, -0.25) is 4.79 Å². The molecule has 1 saturated heterocycles. The van der Waals surface area contributed by atoms with Gasteiger partial charge in [-0.1, -0.05) is 11.6 Å². The van der Waals surface area contributed by atoms with E-state index < -0.39 is 16.1 Å². The van der Waals surface area contributed by atoms with E-state index in [4.69, 9.17) is 16.3 Å². The molecule has 1 amide bonds. The molecule has 1 fully saturated rings. The lowest BCUT2D eigenvalue weighted by atomic mass is 9.97. The van der Waals surface area contributed by atoms with Crippen molar-refractivity contribution in [2.75, 3.05) is 32.2 Å². The van der Waals surface area contributed by atoms with E-state index in [2.05, 4.69) is 11.6 Å². The van der Waals surface area contributed by atoms with Gasteiger partial charge in [-0.2, -0.15) is 16.5 Å². The average Bonchev–Trinajstić information content (AvgIpc) is 2.87. The van der Waals surface area contributed by atoms with Crippen LogP contribution in [0.15, 0.2) is 29.2 Å². The van der Waals surface area contributed by atoms with Crippen molar-refractivity contribution in [1.82, 2.24) is 9.62 Å². The molecule has 0 radical (unpaired) electrons. The third kappa shape index (κ3) is 6.35. The van der Waals surface area contributed by atoms with Gasteiger partial charge in [0.15, 0.2) is 0 Å². The van der Waals surface area contributed by atoms with Gasteiger partial charge in [-0.25, -0.2) is 8.42 Å². The molecule has 158 valence electrons. The van der Waals surface area contributed by atoms with E-state index in [1.807, 2.05) is 6.26 Å². The van der Waals surface area contributed by atoms with Crippen LogP contribution in [-0.2, 0) is 19.6 Å². The zero-order chi connectivity index (χ0) is 20.8. The van der Waals surface area contributed by atoms with Crippen LogP contribution in [0, 0.1) is 0 Å². The van der Waals surface area contributed by atoms with Gasteiger partial charge in [0.05, 0.1) is 10.5 Å². The van der Waals surface area contributed by atoms with E-state index in [1.165, 1.54) is 24.3 Å². The lowest BCUT2D eigenvalue weighted by Gasteiger charge is -2.28. The quantitative estimate of drug-likeness (QED) is 0.661. The monoisotopic (exact) mass is 448 g/mol. The number of rotatable bonds is 8. The van der Waals surface area contributed by atoms with Crippen LogP contribution < -0.4 is 4.72 Å². The lowest BCUT2D eigenvalue weighted by molar-refractivity contribution is -0.133. The zero-order valence-corrected chi connectivity index (χ0v) is 19.0. The molecule has 9 heteroatoms. The molecule has 2 atom stereocenters. The first-order chi connectivity index (χ1) is 13.2. The maximum atomic E-state index is 13.1. The molecule has 0 aromatic heterocycles. The Morgan fingerprint density at radius 1 is 1.32 bits per heavy atom. The molecule has 0 bridgehead atoms. The molecule has 1 aliphatic heterocycles. The SMILES string of the molecule is CO[C@]1(C)CCCN(C(=O)[C@@H](CCSC)NS(=O)(=O)c2ccc(Cl)cc2)CC1. The Hall–Kier alpha value is -0.800. The van der Waals surface area contributed by atoms with Crippen molar-refractivity contribution in [3.8, 4) is 0 Å². The molecule has 0 spiro atoms. The minimum atomic E-state index is -3.82. The summed E-state index contributed by atoms with van der Waals surface area (Å²) in [5.41, 5.74) is -0.243. The van der Waals surface area contributed by atoms with Gasteiger partial charge in [0.1, 0.15) is 6.04 Å². The Bertz CT molecular complexity index is 758. The van der Waals surface area contributed by atoms with Crippen molar-refractivity contribution in [2.24, 2.45) is 0 Å². The second kappa shape index (κ2) is 10.3. The van der Waals surface area contributed by atoms with Crippen molar-refractivity contribution in [2.45, 2.75) is 49.1 Å². The Kier molecular flexibility index (Phi) is 8.63. The second-order valence-electron chi connectivity index (χ2n) is 7.24. The molecule has 1 heterocycles. The predicted molar refractivity (Wildman–Crippen MR) is 114 cm³/mol. The van der Waals surface area contributed by atoms with Crippen LogP contribution in [0.5, 0.6) is 0 Å². The number of carbonyl (C=O) groups excluding carboxylic acids is 1. The summed E-state index contributed by atoms with van der Waals surface area (Å²) in [7, 11) is -2.12. The zero-order valence-electron chi connectivity index (χ0n) is 16.6. The second-order valence-corrected chi connectivity index (χ2v) is 10.4. The van der Waals surface area contributed by atoms with Crippen molar-refractivity contribution >= 4 is 39.3 Å². The Labute approximate surface area is 177 Å². The summed E-state index contributed by atoms with van der Waals surface area (Å²) in [5.74, 6) is 0.510. The van der Waals surface area contributed by atoms with E-state index in [9.17, 15) is 13.2 Å². The maximum Gasteiger partial charge on any atom is 0.241 e. The molecule has 1 aliphatic rings. The van der Waals surface area contributed by atoms with Crippen LogP contribution in [-0.4, -0.2) is 63.1 Å². The molecule has 0 saturated carbocycles. The van der Waals surface area contributed by atoms with E-state index in [0.29, 0.717) is 30.3 Å². The average molecular weight is 449 g/mol. The number of nitrogens with one attached hydrogen (secondary N) is 1. The van der Waals surface area contributed by atoms with Gasteiger partial charge in [0.2, 0.25) is 15.9 Å². The number of halogens is 1. The number of amides is 1. The van der Waals surface area contributed by atoms with E-state index in [1.54, 1.807) is 23.8 Å². The van der Waals surface area contributed by atoms with Crippen molar-refractivity contribution in [3.05, 3.63) is 29.3 Å². The van der Waals surface area contributed by atoms with Gasteiger partial charge in [-0.05, 0) is 68.9 Å². The number of benzene rings is 1. The summed E-state index contributed by atoms with van der Waals surface area (Å²) in [6, 6.07) is 5.14. The smallest absolute Gasteiger partial charge is 0.241 e. The predicted octanol–water partition coefficient (Wildman–Crippen LogP) is 3.16. The normalized spacial score (nSPS) is 21.9. The first-order valence-electron chi connectivity index (χ1n) is 9.31. The van der Waals surface area contributed by atoms with Gasteiger partial charge in [0.25, 0.3) is 0 Å². The summed E-state index contributed by atoms with van der Waals surface area (Å²) >= 11 is 7.43.